The van der Waals surface area contributed by atoms with Crippen molar-refractivity contribution in [3.63, 3.8) is 0 Å². The van der Waals surface area contributed by atoms with Crippen molar-refractivity contribution < 1.29 is 27.4 Å². The minimum Gasteiger partial charge on any atom is -0.492 e. The highest BCUT2D eigenvalue weighted by molar-refractivity contribution is 7.89. The summed E-state index contributed by atoms with van der Waals surface area (Å²) in [6.45, 7) is 2.88. The number of carbonyl (C=O) groups excluding carboxylic acids is 1. The number of aryl methyl sites for hydroxylation is 1. The Bertz CT molecular complexity index is 1290. The molecule has 0 saturated heterocycles. The van der Waals surface area contributed by atoms with Crippen LogP contribution in [0, 0.1) is 6.92 Å². The standard InChI is InChI=1S/C25H26N2O6S/c1-18-5-3-7-21(13-18)31-12-11-27(2)25(28)20-6-4-8-22(15-20)34(29,30)26-16-19-9-10-23-24(14-19)33-17-32-23/h3-10,13-15,26H,11-12,16-17H2,1-2H3. The molecule has 3 aromatic carbocycles. The van der Waals surface area contributed by atoms with Crippen LogP contribution in [0.2, 0.25) is 0 Å². The number of rotatable bonds is 9. The quantitative estimate of drug-likeness (QED) is 0.503. The van der Waals surface area contributed by atoms with Crippen molar-refractivity contribution in [2.24, 2.45) is 0 Å². The number of carbonyl (C=O) groups is 1. The summed E-state index contributed by atoms with van der Waals surface area (Å²) in [5.41, 5.74) is 2.10. The second kappa shape index (κ2) is 10.1. The van der Waals surface area contributed by atoms with E-state index in [1.54, 1.807) is 37.4 Å². The molecule has 1 aliphatic rings. The van der Waals surface area contributed by atoms with Gasteiger partial charge in [-0.05, 0) is 60.5 Å². The molecule has 0 spiro atoms. The van der Waals surface area contributed by atoms with E-state index in [1.807, 2.05) is 31.2 Å². The fourth-order valence-electron chi connectivity index (χ4n) is 3.44. The summed E-state index contributed by atoms with van der Waals surface area (Å²) in [5, 5.41) is 0. The molecule has 0 bridgehead atoms. The van der Waals surface area contributed by atoms with E-state index in [1.165, 1.54) is 17.0 Å². The average molecular weight is 483 g/mol. The summed E-state index contributed by atoms with van der Waals surface area (Å²) in [7, 11) is -2.18. The zero-order chi connectivity index (χ0) is 24.1. The Kier molecular flexibility index (Phi) is 7.04. The molecule has 0 saturated carbocycles. The van der Waals surface area contributed by atoms with Gasteiger partial charge in [-0.3, -0.25) is 4.79 Å². The number of ether oxygens (including phenoxy) is 3. The Morgan fingerprint density at radius 3 is 2.65 bits per heavy atom. The summed E-state index contributed by atoms with van der Waals surface area (Å²) in [5.74, 6) is 1.66. The Hall–Kier alpha value is -3.56. The van der Waals surface area contributed by atoms with Gasteiger partial charge in [-0.15, -0.1) is 0 Å². The van der Waals surface area contributed by atoms with E-state index in [4.69, 9.17) is 14.2 Å². The van der Waals surface area contributed by atoms with E-state index in [9.17, 15) is 13.2 Å². The number of likely N-dealkylation sites (N-methyl/N-ethyl adjacent to an activating group) is 1. The van der Waals surface area contributed by atoms with Gasteiger partial charge in [0.25, 0.3) is 5.91 Å². The molecule has 1 amide bonds. The second-order valence-electron chi connectivity index (χ2n) is 7.93. The number of sulfonamides is 1. The molecule has 3 aromatic rings. The molecule has 1 N–H and O–H groups in total. The third kappa shape index (κ3) is 5.67. The van der Waals surface area contributed by atoms with Gasteiger partial charge in [0.15, 0.2) is 11.5 Å². The molecular weight excluding hydrogens is 456 g/mol. The largest absolute Gasteiger partial charge is 0.492 e. The third-order valence-corrected chi connectivity index (χ3v) is 6.73. The zero-order valence-corrected chi connectivity index (χ0v) is 19.8. The highest BCUT2D eigenvalue weighted by Gasteiger charge is 2.19. The van der Waals surface area contributed by atoms with E-state index >= 15 is 0 Å². The van der Waals surface area contributed by atoms with Crippen LogP contribution in [-0.4, -0.2) is 46.2 Å². The van der Waals surface area contributed by atoms with Crippen molar-refractivity contribution in [1.29, 1.82) is 0 Å². The zero-order valence-electron chi connectivity index (χ0n) is 19.0. The van der Waals surface area contributed by atoms with Crippen LogP contribution < -0.4 is 18.9 Å². The first-order valence-electron chi connectivity index (χ1n) is 10.7. The molecule has 1 heterocycles. The van der Waals surface area contributed by atoms with Crippen LogP contribution in [-0.2, 0) is 16.6 Å². The SMILES string of the molecule is Cc1cccc(OCCN(C)C(=O)c2cccc(S(=O)(=O)NCc3ccc4c(c3)OCO4)c2)c1. The molecule has 0 aromatic heterocycles. The fraction of sp³-hybridized carbons (Fsp3) is 0.240. The molecule has 8 nitrogen and oxygen atoms in total. The minimum absolute atomic E-state index is 0.0171. The first-order valence-corrected chi connectivity index (χ1v) is 12.2. The predicted molar refractivity (Wildman–Crippen MR) is 127 cm³/mol. The lowest BCUT2D eigenvalue weighted by atomic mass is 10.2. The van der Waals surface area contributed by atoms with E-state index in [0.717, 1.165) is 16.9 Å². The van der Waals surface area contributed by atoms with Crippen LogP contribution in [0.4, 0.5) is 0 Å². The lowest BCUT2D eigenvalue weighted by Gasteiger charge is -2.18. The monoisotopic (exact) mass is 482 g/mol. The Labute approximate surface area is 199 Å². The van der Waals surface area contributed by atoms with Gasteiger partial charge in [0, 0.05) is 19.2 Å². The summed E-state index contributed by atoms with van der Waals surface area (Å²) in [6.07, 6.45) is 0. The van der Waals surface area contributed by atoms with Gasteiger partial charge in [-0.1, -0.05) is 24.3 Å². The minimum atomic E-state index is -3.83. The predicted octanol–water partition coefficient (Wildman–Crippen LogP) is 3.35. The average Bonchev–Trinajstić information content (AvgIpc) is 3.30. The Morgan fingerprint density at radius 1 is 1.03 bits per heavy atom. The van der Waals surface area contributed by atoms with E-state index in [2.05, 4.69) is 4.72 Å². The van der Waals surface area contributed by atoms with Gasteiger partial charge >= 0.3 is 0 Å². The van der Waals surface area contributed by atoms with E-state index in [-0.39, 0.29) is 29.7 Å². The molecule has 0 fully saturated rings. The summed E-state index contributed by atoms with van der Waals surface area (Å²) < 4.78 is 44.5. The number of benzene rings is 3. The lowest BCUT2D eigenvalue weighted by Crippen LogP contribution is -2.31. The van der Waals surface area contributed by atoms with Crippen LogP contribution in [0.3, 0.4) is 0 Å². The lowest BCUT2D eigenvalue weighted by molar-refractivity contribution is 0.0773. The molecule has 0 aliphatic carbocycles. The van der Waals surface area contributed by atoms with Gasteiger partial charge in [-0.2, -0.15) is 0 Å². The van der Waals surface area contributed by atoms with Crippen molar-refractivity contribution in [2.75, 3.05) is 27.0 Å². The number of hydrogen-bond donors (Lipinski definition) is 1. The van der Waals surface area contributed by atoms with Crippen molar-refractivity contribution in [3.05, 3.63) is 83.4 Å². The molecule has 9 heteroatoms. The number of hydrogen-bond acceptors (Lipinski definition) is 6. The summed E-state index contributed by atoms with van der Waals surface area (Å²) >= 11 is 0. The summed E-state index contributed by atoms with van der Waals surface area (Å²) in [6, 6.07) is 18.9. The highest BCUT2D eigenvalue weighted by Crippen LogP contribution is 2.32. The topological polar surface area (TPSA) is 94.2 Å². The number of nitrogens with one attached hydrogen (secondary N) is 1. The third-order valence-electron chi connectivity index (χ3n) is 5.33. The normalized spacial score (nSPS) is 12.4. The van der Waals surface area contributed by atoms with Crippen LogP contribution in [0.5, 0.6) is 17.2 Å². The first kappa shape index (κ1) is 23.6. The van der Waals surface area contributed by atoms with Crippen LogP contribution in [0.1, 0.15) is 21.5 Å². The van der Waals surface area contributed by atoms with Gasteiger partial charge < -0.3 is 19.1 Å². The van der Waals surface area contributed by atoms with Crippen LogP contribution in [0.25, 0.3) is 0 Å². The van der Waals surface area contributed by atoms with Crippen LogP contribution in [0.15, 0.2) is 71.6 Å². The smallest absolute Gasteiger partial charge is 0.253 e. The van der Waals surface area contributed by atoms with Gasteiger partial charge in [0.05, 0.1) is 11.4 Å². The fourth-order valence-corrected chi connectivity index (χ4v) is 4.50. The molecule has 34 heavy (non-hydrogen) atoms. The van der Waals surface area contributed by atoms with E-state index < -0.39 is 10.0 Å². The highest BCUT2D eigenvalue weighted by atomic mass is 32.2. The summed E-state index contributed by atoms with van der Waals surface area (Å²) in [4.78, 5) is 14.4. The first-order chi connectivity index (χ1) is 16.3. The van der Waals surface area contributed by atoms with Crippen molar-refractivity contribution in [2.45, 2.75) is 18.4 Å². The molecule has 0 atom stereocenters. The van der Waals surface area contributed by atoms with Crippen LogP contribution >= 0.6 is 0 Å². The number of fused-ring (bicyclic) bond motifs is 1. The van der Waals surface area contributed by atoms with Gasteiger partial charge in [-0.25, -0.2) is 13.1 Å². The molecule has 4 rings (SSSR count). The maximum absolute atomic E-state index is 12.8. The van der Waals surface area contributed by atoms with Crippen molar-refractivity contribution in [3.8, 4) is 17.2 Å². The Morgan fingerprint density at radius 2 is 1.82 bits per heavy atom. The number of amides is 1. The molecule has 178 valence electrons. The van der Waals surface area contributed by atoms with Gasteiger partial charge in [0.1, 0.15) is 12.4 Å². The van der Waals surface area contributed by atoms with Crippen molar-refractivity contribution in [1.82, 2.24) is 9.62 Å². The molecule has 0 unspecified atom stereocenters. The number of nitrogens with zero attached hydrogens (tertiary/aromatic N) is 1. The molecule has 0 radical (unpaired) electrons. The van der Waals surface area contributed by atoms with E-state index in [0.29, 0.717) is 24.7 Å². The maximum atomic E-state index is 12.8. The second-order valence-corrected chi connectivity index (χ2v) is 9.70. The Balaban J connectivity index is 1.36. The van der Waals surface area contributed by atoms with Crippen molar-refractivity contribution >= 4 is 15.9 Å². The maximum Gasteiger partial charge on any atom is 0.253 e. The molecular formula is C25H26N2O6S. The molecule has 1 aliphatic heterocycles. The van der Waals surface area contributed by atoms with Gasteiger partial charge in [0.2, 0.25) is 16.8 Å².